The fourth-order valence-electron chi connectivity index (χ4n) is 5.67. The number of hydrogen-bond acceptors (Lipinski definition) is 4. The summed E-state index contributed by atoms with van der Waals surface area (Å²) in [5, 5.41) is 15.4. The molecule has 4 aromatic rings. The summed E-state index contributed by atoms with van der Waals surface area (Å²) >= 11 is 1.32. The maximum absolute atomic E-state index is 14.3. The Labute approximate surface area is 250 Å². The quantitative estimate of drug-likeness (QED) is 0.220. The Bertz CT molecular complexity index is 1560. The number of carboxylic acid groups (broad SMARTS) is 1. The van der Waals surface area contributed by atoms with Crippen molar-refractivity contribution in [3.05, 3.63) is 130 Å². The summed E-state index contributed by atoms with van der Waals surface area (Å²) in [6.45, 7) is 6.34. The Morgan fingerprint density at radius 2 is 1.50 bits per heavy atom. The highest BCUT2D eigenvalue weighted by molar-refractivity contribution is 7.12. The van der Waals surface area contributed by atoms with Gasteiger partial charge in [-0.15, -0.1) is 11.3 Å². The molecule has 2 amide bonds. The van der Waals surface area contributed by atoms with Crippen LogP contribution < -0.4 is 5.32 Å². The molecule has 0 radical (unpaired) electrons. The normalized spacial score (nSPS) is 20.5. The molecule has 1 aliphatic heterocycles. The van der Waals surface area contributed by atoms with Crippen molar-refractivity contribution in [1.82, 2.24) is 4.90 Å². The maximum Gasteiger partial charge on any atom is 0.327 e. The molecule has 42 heavy (non-hydrogen) atoms. The summed E-state index contributed by atoms with van der Waals surface area (Å²) < 4.78 is 0. The van der Waals surface area contributed by atoms with Crippen LogP contribution >= 0.6 is 11.3 Å². The van der Waals surface area contributed by atoms with Gasteiger partial charge in [0.1, 0.15) is 6.04 Å². The Morgan fingerprint density at radius 1 is 0.857 bits per heavy atom. The maximum atomic E-state index is 14.3. The molecule has 3 aromatic carbocycles. The third-order valence-electron chi connectivity index (χ3n) is 7.74. The van der Waals surface area contributed by atoms with Gasteiger partial charge in [-0.25, -0.2) is 9.59 Å². The Hall–Kier alpha value is -4.49. The minimum atomic E-state index is -1.28. The first-order valence-corrected chi connectivity index (χ1v) is 14.8. The second kappa shape index (κ2) is 12.2. The van der Waals surface area contributed by atoms with Crippen molar-refractivity contribution in [2.24, 2.45) is 5.92 Å². The zero-order valence-electron chi connectivity index (χ0n) is 23.8. The standard InChI is InChI=1S/C35H34N2O4S/c1-35(2,3)25-19-17-24(18-20-25)29-30(32(38)28-15-10-22-42-28)27(21-16-23-11-6-4-7-12-23)37(31(29)33(39)40)34(41)36-26-13-8-5-9-14-26/h4-22,27,29-31H,1-3H3,(H,36,41)(H,39,40). The summed E-state index contributed by atoms with van der Waals surface area (Å²) in [5.74, 6) is -2.95. The number of nitrogens with zero attached hydrogens (tertiary/aromatic N) is 1. The second-order valence-electron chi connectivity index (χ2n) is 11.5. The molecule has 2 N–H and O–H groups in total. The monoisotopic (exact) mass is 578 g/mol. The van der Waals surface area contributed by atoms with Gasteiger partial charge in [0.15, 0.2) is 5.78 Å². The molecule has 214 valence electrons. The van der Waals surface area contributed by atoms with Crippen LogP contribution in [0.15, 0.2) is 109 Å². The molecule has 6 nitrogen and oxygen atoms in total. The van der Waals surface area contributed by atoms with E-state index in [4.69, 9.17) is 0 Å². The highest BCUT2D eigenvalue weighted by Crippen LogP contribution is 2.46. The minimum absolute atomic E-state index is 0.102. The Balaban J connectivity index is 1.67. The number of para-hydroxylation sites is 1. The molecule has 0 spiro atoms. The zero-order valence-corrected chi connectivity index (χ0v) is 24.6. The van der Waals surface area contributed by atoms with Gasteiger partial charge in [-0.05, 0) is 45.7 Å². The van der Waals surface area contributed by atoms with Gasteiger partial charge in [-0.2, -0.15) is 0 Å². The molecule has 1 fully saturated rings. The number of urea groups is 1. The zero-order chi connectivity index (χ0) is 29.9. The molecule has 5 rings (SSSR count). The lowest BCUT2D eigenvalue weighted by Gasteiger charge is -2.28. The number of amides is 2. The van der Waals surface area contributed by atoms with Gasteiger partial charge in [-0.3, -0.25) is 4.79 Å². The third-order valence-corrected chi connectivity index (χ3v) is 8.63. The number of carbonyl (C=O) groups excluding carboxylic acids is 2. The van der Waals surface area contributed by atoms with E-state index in [1.807, 2.05) is 78.2 Å². The average Bonchev–Trinajstić information content (AvgIpc) is 3.63. The van der Waals surface area contributed by atoms with E-state index < -0.39 is 35.9 Å². The predicted octanol–water partition coefficient (Wildman–Crippen LogP) is 7.71. The van der Waals surface area contributed by atoms with Crippen molar-refractivity contribution in [2.45, 2.75) is 44.2 Å². The molecule has 0 bridgehead atoms. The van der Waals surface area contributed by atoms with Crippen LogP contribution in [0.3, 0.4) is 0 Å². The van der Waals surface area contributed by atoms with E-state index in [0.717, 1.165) is 11.1 Å². The van der Waals surface area contributed by atoms with Gasteiger partial charge in [0.25, 0.3) is 0 Å². The van der Waals surface area contributed by atoms with Crippen LogP contribution in [0.5, 0.6) is 0 Å². The van der Waals surface area contributed by atoms with Crippen LogP contribution in [0.2, 0.25) is 0 Å². The minimum Gasteiger partial charge on any atom is -0.480 e. The van der Waals surface area contributed by atoms with Crippen molar-refractivity contribution < 1.29 is 19.5 Å². The number of nitrogens with one attached hydrogen (secondary N) is 1. The van der Waals surface area contributed by atoms with Gasteiger partial charge in [0.05, 0.1) is 16.8 Å². The number of aliphatic carboxylic acids is 1. The molecule has 4 unspecified atom stereocenters. The van der Waals surface area contributed by atoms with E-state index in [1.54, 1.807) is 36.4 Å². The highest BCUT2D eigenvalue weighted by Gasteiger charge is 2.56. The number of rotatable bonds is 7. The molecule has 2 heterocycles. The van der Waals surface area contributed by atoms with Gasteiger partial charge in [0.2, 0.25) is 0 Å². The molecule has 0 saturated carbocycles. The third kappa shape index (κ3) is 6.06. The summed E-state index contributed by atoms with van der Waals surface area (Å²) in [6.07, 6.45) is 3.65. The largest absolute Gasteiger partial charge is 0.480 e. The first kappa shape index (κ1) is 29.0. The fraction of sp³-hybridized carbons (Fsp3) is 0.229. The molecular weight excluding hydrogens is 544 g/mol. The molecule has 1 aliphatic rings. The molecule has 0 aliphatic carbocycles. The van der Waals surface area contributed by atoms with Crippen LogP contribution in [0.4, 0.5) is 10.5 Å². The number of benzene rings is 3. The van der Waals surface area contributed by atoms with Gasteiger partial charge in [0, 0.05) is 11.6 Å². The molecule has 7 heteroatoms. The molecule has 1 saturated heterocycles. The van der Waals surface area contributed by atoms with Crippen molar-refractivity contribution in [1.29, 1.82) is 0 Å². The number of hydrogen-bond donors (Lipinski definition) is 2. The SMILES string of the molecule is CC(C)(C)c1ccc(C2C(C(=O)c3cccs3)C(C=Cc3ccccc3)N(C(=O)Nc3ccccc3)C2C(=O)O)cc1. The number of carboxylic acids is 1. The van der Waals surface area contributed by atoms with Gasteiger partial charge >= 0.3 is 12.0 Å². The Morgan fingerprint density at radius 3 is 2.07 bits per heavy atom. The van der Waals surface area contributed by atoms with Crippen LogP contribution in [-0.4, -0.2) is 39.9 Å². The van der Waals surface area contributed by atoms with Crippen LogP contribution in [-0.2, 0) is 10.2 Å². The van der Waals surface area contributed by atoms with E-state index in [9.17, 15) is 19.5 Å². The van der Waals surface area contributed by atoms with E-state index in [1.165, 1.54) is 16.2 Å². The molecular formula is C35H34N2O4S. The number of thiophene rings is 1. The second-order valence-corrected chi connectivity index (χ2v) is 12.5. The number of Topliss-reactive ketones (excluding diaryl/α,β-unsaturated/α-hetero) is 1. The highest BCUT2D eigenvalue weighted by atomic mass is 32.1. The van der Waals surface area contributed by atoms with Gasteiger partial charge < -0.3 is 15.3 Å². The first-order valence-electron chi connectivity index (χ1n) is 13.9. The number of anilines is 1. The smallest absolute Gasteiger partial charge is 0.327 e. The summed E-state index contributed by atoms with van der Waals surface area (Å²) in [6, 6.07) is 27.2. The lowest BCUT2D eigenvalue weighted by atomic mass is 9.77. The summed E-state index contributed by atoms with van der Waals surface area (Å²) in [4.78, 5) is 43.2. The van der Waals surface area contributed by atoms with Crippen LogP contribution in [0.25, 0.3) is 6.08 Å². The number of likely N-dealkylation sites (tertiary alicyclic amines) is 1. The average molecular weight is 579 g/mol. The number of ketones is 1. The van der Waals surface area contributed by atoms with E-state index in [0.29, 0.717) is 16.1 Å². The Kier molecular flexibility index (Phi) is 8.41. The van der Waals surface area contributed by atoms with Crippen molar-refractivity contribution in [2.75, 3.05) is 5.32 Å². The number of carbonyl (C=O) groups is 3. The van der Waals surface area contributed by atoms with E-state index in [-0.39, 0.29) is 11.2 Å². The predicted molar refractivity (Wildman–Crippen MR) is 168 cm³/mol. The lowest BCUT2D eigenvalue weighted by Crippen LogP contribution is -2.48. The van der Waals surface area contributed by atoms with Crippen LogP contribution in [0, 0.1) is 5.92 Å². The molecule has 1 aromatic heterocycles. The van der Waals surface area contributed by atoms with E-state index >= 15 is 0 Å². The van der Waals surface area contributed by atoms with Crippen molar-refractivity contribution in [3.63, 3.8) is 0 Å². The summed E-state index contributed by atoms with van der Waals surface area (Å²) in [7, 11) is 0. The van der Waals surface area contributed by atoms with Crippen LogP contribution in [0.1, 0.15) is 53.1 Å². The first-order chi connectivity index (χ1) is 20.1. The lowest BCUT2D eigenvalue weighted by molar-refractivity contribution is -0.141. The fourth-order valence-corrected chi connectivity index (χ4v) is 6.38. The molecule has 4 atom stereocenters. The van der Waals surface area contributed by atoms with Gasteiger partial charge in [-0.1, -0.05) is 112 Å². The summed E-state index contributed by atoms with van der Waals surface area (Å²) in [5.41, 5.74) is 3.12. The van der Waals surface area contributed by atoms with E-state index in [2.05, 4.69) is 26.1 Å². The van der Waals surface area contributed by atoms with Crippen molar-refractivity contribution >= 4 is 40.9 Å². The topological polar surface area (TPSA) is 86.7 Å². The van der Waals surface area contributed by atoms with Crippen molar-refractivity contribution in [3.8, 4) is 0 Å².